The molecule has 0 amide bonds. The molecule has 0 radical (unpaired) electrons. The maximum Gasteiger partial charge on any atom is 0.149 e. The molecule has 0 saturated carbocycles. The molecule has 5 heteroatoms. The van der Waals surface area contributed by atoms with Crippen LogP contribution < -0.4 is 5.73 Å². The molecule has 1 aromatic heterocycles. The number of nitrogens with zero attached hydrogens (tertiary/aromatic N) is 2. The molecule has 70 valence electrons. The van der Waals surface area contributed by atoms with E-state index < -0.39 is 0 Å². The van der Waals surface area contributed by atoms with E-state index in [-0.39, 0.29) is 0 Å². The quantitative estimate of drug-likeness (QED) is 0.792. The average Bonchev–Trinajstić information content (AvgIpc) is 2.11. The fourth-order valence-electron chi connectivity index (χ4n) is 0.771. The van der Waals surface area contributed by atoms with Gasteiger partial charge in [0.25, 0.3) is 0 Å². The van der Waals surface area contributed by atoms with Crippen molar-refractivity contribution in [2.24, 2.45) is 0 Å². The number of allylic oxidation sites excluding steroid dienone is 1. The van der Waals surface area contributed by atoms with Crippen molar-refractivity contribution in [3.8, 4) is 0 Å². The molecule has 0 saturated heterocycles. The van der Waals surface area contributed by atoms with Gasteiger partial charge in [-0.2, -0.15) is 0 Å². The molecular weight excluding hydrogens is 209 g/mol. The third-order valence-corrected chi connectivity index (χ3v) is 1.75. The van der Waals surface area contributed by atoms with Crippen molar-refractivity contribution in [1.29, 1.82) is 0 Å². The summed E-state index contributed by atoms with van der Waals surface area (Å²) in [5, 5.41) is 0.333. The number of rotatable bonds is 3. The lowest BCUT2D eigenvalue weighted by atomic mass is 10.3. The van der Waals surface area contributed by atoms with E-state index in [0.29, 0.717) is 22.5 Å². The summed E-state index contributed by atoms with van der Waals surface area (Å²) in [6.07, 6.45) is 5.82. The second kappa shape index (κ2) is 5.04. The highest BCUT2D eigenvalue weighted by atomic mass is 35.5. The molecule has 1 rings (SSSR count). The third kappa shape index (κ3) is 3.20. The number of alkyl halides is 1. The van der Waals surface area contributed by atoms with Crippen LogP contribution >= 0.6 is 23.2 Å². The predicted molar refractivity (Wildman–Crippen MR) is 55.8 cm³/mol. The Hall–Kier alpha value is -0.800. The first-order valence-corrected chi connectivity index (χ1v) is 4.66. The summed E-state index contributed by atoms with van der Waals surface area (Å²) in [7, 11) is 0. The van der Waals surface area contributed by atoms with E-state index in [1.54, 1.807) is 6.08 Å². The Kier molecular flexibility index (Phi) is 3.99. The number of hydrogen-bond donors (Lipinski definition) is 1. The average molecular weight is 218 g/mol. The topological polar surface area (TPSA) is 51.8 Å². The highest BCUT2D eigenvalue weighted by Crippen LogP contribution is 2.11. The summed E-state index contributed by atoms with van der Waals surface area (Å²) in [6, 6.07) is 0. The zero-order valence-electron chi connectivity index (χ0n) is 6.87. The molecule has 0 aliphatic rings. The van der Waals surface area contributed by atoms with Gasteiger partial charge in [0.15, 0.2) is 0 Å². The number of aromatic nitrogens is 2. The van der Waals surface area contributed by atoms with Gasteiger partial charge in [-0.3, -0.25) is 0 Å². The normalized spacial score (nSPS) is 10.9. The Morgan fingerprint density at radius 1 is 1.54 bits per heavy atom. The van der Waals surface area contributed by atoms with Crippen molar-refractivity contribution in [2.75, 3.05) is 11.6 Å². The summed E-state index contributed by atoms with van der Waals surface area (Å²) in [4.78, 5) is 7.85. The monoisotopic (exact) mass is 217 g/mol. The lowest BCUT2D eigenvalue weighted by molar-refractivity contribution is 1.18. The van der Waals surface area contributed by atoms with E-state index in [9.17, 15) is 0 Å². The minimum atomic E-state index is 0.333. The zero-order chi connectivity index (χ0) is 9.68. The van der Waals surface area contributed by atoms with E-state index in [4.69, 9.17) is 28.9 Å². The highest BCUT2D eigenvalue weighted by molar-refractivity contribution is 6.29. The third-order valence-electron chi connectivity index (χ3n) is 1.35. The van der Waals surface area contributed by atoms with Gasteiger partial charge < -0.3 is 5.73 Å². The summed E-state index contributed by atoms with van der Waals surface area (Å²) in [6.45, 7) is 0. The van der Waals surface area contributed by atoms with Crippen molar-refractivity contribution < 1.29 is 0 Å². The van der Waals surface area contributed by atoms with Crippen LogP contribution in [0.1, 0.15) is 12.1 Å². The first-order chi connectivity index (χ1) is 6.24. The van der Waals surface area contributed by atoms with Gasteiger partial charge in [-0.05, 0) is 12.5 Å². The predicted octanol–water partition coefficient (Wildman–Crippen LogP) is 2.35. The van der Waals surface area contributed by atoms with E-state index in [0.717, 1.165) is 6.42 Å². The van der Waals surface area contributed by atoms with Crippen LogP contribution in [-0.4, -0.2) is 15.8 Å². The molecule has 3 nitrogen and oxygen atoms in total. The van der Waals surface area contributed by atoms with E-state index >= 15 is 0 Å². The maximum atomic E-state index is 5.64. The van der Waals surface area contributed by atoms with Crippen LogP contribution in [0.5, 0.6) is 0 Å². The molecule has 13 heavy (non-hydrogen) atoms. The molecular formula is C8H9Cl2N3. The van der Waals surface area contributed by atoms with Gasteiger partial charge in [0.2, 0.25) is 0 Å². The van der Waals surface area contributed by atoms with Crippen molar-refractivity contribution >= 4 is 35.1 Å². The SMILES string of the molecule is Nc1ncc(Cl)nc1C=CCCCl. The van der Waals surface area contributed by atoms with Gasteiger partial charge in [0, 0.05) is 5.88 Å². The van der Waals surface area contributed by atoms with Gasteiger partial charge in [-0.25, -0.2) is 9.97 Å². The standard InChI is InChI=1S/C8H9Cl2N3/c9-4-2-1-3-6-8(11)12-5-7(10)13-6/h1,3,5H,2,4H2,(H2,11,12). The van der Waals surface area contributed by atoms with Crippen LogP contribution in [0.4, 0.5) is 5.82 Å². The minimum Gasteiger partial charge on any atom is -0.382 e. The van der Waals surface area contributed by atoms with Crippen LogP contribution in [0, 0.1) is 0 Å². The number of anilines is 1. The Morgan fingerprint density at radius 2 is 2.31 bits per heavy atom. The Morgan fingerprint density at radius 3 is 3.00 bits per heavy atom. The molecule has 0 atom stereocenters. The molecule has 1 heterocycles. The van der Waals surface area contributed by atoms with Crippen LogP contribution in [0.25, 0.3) is 6.08 Å². The number of halogens is 2. The van der Waals surface area contributed by atoms with Crippen molar-refractivity contribution in [3.05, 3.63) is 23.1 Å². The first kappa shape index (κ1) is 10.3. The smallest absolute Gasteiger partial charge is 0.149 e. The molecule has 0 unspecified atom stereocenters. The van der Waals surface area contributed by atoms with Crippen LogP contribution in [0.15, 0.2) is 12.3 Å². The highest BCUT2D eigenvalue weighted by Gasteiger charge is 1.98. The molecule has 0 aromatic carbocycles. The first-order valence-electron chi connectivity index (χ1n) is 3.74. The lowest BCUT2D eigenvalue weighted by Crippen LogP contribution is -1.96. The second-order valence-electron chi connectivity index (χ2n) is 2.34. The molecule has 0 aliphatic heterocycles. The number of hydrogen-bond acceptors (Lipinski definition) is 3. The Balaban J connectivity index is 2.81. The van der Waals surface area contributed by atoms with Crippen LogP contribution in [0.2, 0.25) is 5.15 Å². The molecule has 0 fully saturated rings. The number of nitrogens with two attached hydrogens (primary N) is 1. The summed E-state index contributed by atoms with van der Waals surface area (Å²) < 4.78 is 0. The summed E-state index contributed by atoms with van der Waals surface area (Å²) >= 11 is 11.1. The molecule has 1 aromatic rings. The Bertz CT molecular complexity index is 312. The van der Waals surface area contributed by atoms with E-state index in [2.05, 4.69) is 9.97 Å². The van der Waals surface area contributed by atoms with Crippen molar-refractivity contribution in [1.82, 2.24) is 9.97 Å². The molecule has 0 spiro atoms. The van der Waals surface area contributed by atoms with Gasteiger partial charge in [-0.15, -0.1) is 11.6 Å². The van der Waals surface area contributed by atoms with E-state index in [1.165, 1.54) is 6.20 Å². The second-order valence-corrected chi connectivity index (χ2v) is 3.11. The summed E-state index contributed by atoms with van der Waals surface area (Å²) in [5.41, 5.74) is 6.14. The van der Waals surface area contributed by atoms with Crippen LogP contribution in [-0.2, 0) is 0 Å². The van der Waals surface area contributed by atoms with E-state index in [1.807, 2.05) is 6.08 Å². The molecule has 0 aliphatic carbocycles. The summed E-state index contributed by atoms with van der Waals surface area (Å²) in [5.74, 6) is 0.944. The molecule has 2 N–H and O–H groups in total. The minimum absolute atomic E-state index is 0.333. The van der Waals surface area contributed by atoms with Gasteiger partial charge in [0.1, 0.15) is 16.7 Å². The Labute approximate surface area is 86.6 Å². The lowest BCUT2D eigenvalue weighted by Gasteiger charge is -1.97. The van der Waals surface area contributed by atoms with Crippen molar-refractivity contribution in [2.45, 2.75) is 6.42 Å². The van der Waals surface area contributed by atoms with Gasteiger partial charge >= 0.3 is 0 Å². The zero-order valence-corrected chi connectivity index (χ0v) is 8.39. The van der Waals surface area contributed by atoms with Gasteiger partial charge in [-0.1, -0.05) is 17.7 Å². The largest absolute Gasteiger partial charge is 0.382 e. The van der Waals surface area contributed by atoms with Crippen LogP contribution in [0.3, 0.4) is 0 Å². The molecule has 0 bridgehead atoms. The van der Waals surface area contributed by atoms with Gasteiger partial charge in [0.05, 0.1) is 6.20 Å². The maximum absolute atomic E-state index is 5.64. The van der Waals surface area contributed by atoms with Crippen molar-refractivity contribution in [3.63, 3.8) is 0 Å². The number of nitrogen functional groups attached to an aromatic ring is 1. The fraction of sp³-hybridized carbons (Fsp3) is 0.250. The fourth-order valence-corrected chi connectivity index (χ4v) is 1.04.